The van der Waals surface area contributed by atoms with Crippen molar-refractivity contribution in [3.8, 4) is 5.75 Å². The first-order chi connectivity index (χ1) is 10.5. The van der Waals surface area contributed by atoms with Crippen molar-refractivity contribution in [3.63, 3.8) is 0 Å². The highest BCUT2D eigenvalue weighted by Gasteiger charge is 2.21. The molecule has 1 aromatic heterocycles. The van der Waals surface area contributed by atoms with Gasteiger partial charge in [-0.05, 0) is 45.4 Å². The van der Waals surface area contributed by atoms with Crippen LogP contribution in [0.3, 0.4) is 0 Å². The molecule has 1 heterocycles. The van der Waals surface area contributed by atoms with E-state index in [9.17, 15) is 9.90 Å². The average molecular weight is 293 g/mol. The van der Waals surface area contributed by atoms with E-state index in [0.717, 1.165) is 0 Å². The second-order valence-corrected chi connectivity index (χ2v) is 5.81. The van der Waals surface area contributed by atoms with Gasteiger partial charge in [0.1, 0.15) is 11.4 Å². The van der Waals surface area contributed by atoms with Crippen LogP contribution in [0.1, 0.15) is 34.6 Å². The summed E-state index contributed by atoms with van der Waals surface area (Å²) in [4.78, 5) is 12.4. The zero-order chi connectivity index (χ0) is 17.6. The van der Waals surface area contributed by atoms with Crippen LogP contribution in [0.15, 0.2) is 18.3 Å². The number of carbonyl (C=O) groups excluding carboxylic acids is 1. The molecule has 5 nitrogen and oxygen atoms in total. The second kappa shape index (κ2) is 5.41. The Balaban J connectivity index is 2.72. The number of benzene rings is 1. The molecule has 0 atom stereocenters. The summed E-state index contributed by atoms with van der Waals surface area (Å²) >= 11 is 0. The first-order valence-corrected chi connectivity index (χ1v) is 6.60. The Morgan fingerprint density at radius 2 is 2.14 bits per heavy atom. The van der Waals surface area contributed by atoms with E-state index in [1.807, 2.05) is 0 Å². The topological polar surface area (TPSA) is 60.7 Å². The third-order valence-electron chi connectivity index (χ3n) is 3.05. The minimum absolute atomic E-state index is 0.0112. The van der Waals surface area contributed by atoms with E-state index in [2.05, 4.69) is 0 Å². The molecule has 0 radical (unpaired) electrons. The summed E-state index contributed by atoms with van der Waals surface area (Å²) in [6, 6.07) is 3.16. The van der Waals surface area contributed by atoms with Crippen molar-refractivity contribution in [3.05, 3.63) is 29.5 Å². The molecule has 114 valence electrons. The number of ether oxygens (including phenoxy) is 2. The molecule has 0 amide bonds. The Morgan fingerprint density at radius 3 is 2.67 bits per heavy atom. The minimum atomic E-state index is -2.60. The van der Waals surface area contributed by atoms with Crippen molar-refractivity contribution in [2.24, 2.45) is 0 Å². The highest BCUT2D eigenvalue weighted by Crippen LogP contribution is 2.32. The maximum absolute atomic E-state index is 12.4. The van der Waals surface area contributed by atoms with E-state index in [-0.39, 0.29) is 11.3 Å². The van der Waals surface area contributed by atoms with Gasteiger partial charge in [-0.1, -0.05) is 0 Å². The minimum Gasteiger partial charge on any atom is -0.496 e. The van der Waals surface area contributed by atoms with Crippen molar-refractivity contribution in [2.45, 2.75) is 39.9 Å². The Bertz CT molecular complexity index is 754. The normalized spacial score (nSPS) is 13.8. The molecule has 0 unspecified atom stereocenters. The smallest absolute Gasteiger partial charge is 0.419 e. The molecule has 21 heavy (non-hydrogen) atoms. The summed E-state index contributed by atoms with van der Waals surface area (Å²) in [5.74, 6) is 0.226. The third-order valence-corrected chi connectivity index (χ3v) is 3.05. The van der Waals surface area contributed by atoms with Crippen LogP contribution in [0, 0.1) is 6.92 Å². The van der Waals surface area contributed by atoms with Crippen molar-refractivity contribution in [1.29, 1.82) is 0 Å². The summed E-state index contributed by atoms with van der Waals surface area (Å²) in [7, 11) is 1.40. The lowest BCUT2D eigenvalue weighted by Gasteiger charge is -2.20. The van der Waals surface area contributed by atoms with Crippen molar-refractivity contribution >= 4 is 17.0 Å². The predicted octanol–water partition coefficient (Wildman–Crippen LogP) is 3.23. The van der Waals surface area contributed by atoms with E-state index < -0.39 is 18.3 Å². The Labute approximate surface area is 126 Å². The monoisotopic (exact) mass is 293 g/mol. The van der Waals surface area contributed by atoms with Crippen LogP contribution in [-0.2, 0) is 11.3 Å². The van der Waals surface area contributed by atoms with Crippen LogP contribution in [0.5, 0.6) is 5.75 Å². The summed E-state index contributed by atoms with van der Waals surface area (Å²) in [5.41, 5.74) is 0.527. The second-order valence-electron chi connectivity index (χ2n) is 5.81. The quantitative estimate of drug-likeness (QED) is 0.923. The van der Waals surface area contributed by atoms with Gasteiger partial charge in [-0.25, -0.2) is 4.79 Å². The van der Waals surface area contributed by atoms with Crippen LogP contribution in [0.4, 0.5) is 4.79 Å². The van der Waals surface area contributed by atoms with Crippen LogP contribution in [0.2, 0.25) is 0 Å². The molecule has 1 aromatic carbocycles. The van der Waals surface area contributed by atoms with Gasteiger partial charge in [0.25, 0.3) is 0 Å². The largest absolute Gasteiger partial charge is 0.496 e. The van der Waals surface area contributed by atoms with Gasteiger partial charge in [0.05, 0.1) is 21.9 Å². The van der Waals surface area contributed by atoms with E-state index in [0.29, 0.717) is 16.5 Å². The van der Waals surface area contributed by atoms with Crippen molar-refractivity contribution in [2.75, 3.05) is 7.11 Å². The molecule has 2 aromatic rings. The predicted molar refractivity (Wildman–Crippen MR) is 80.8 cm³/mol. The fraction of sp³-hybridized carbons (Fsp3) is 0.438. The lowest BCUT2D eigenvalue weighted by Crippen LogP contribution is -2.26. The summed E-state index contributed by atoms with van der Waals surface area (Å²) < 4.78 is 27.2. The van der Waals surface area contributed by atoms with Crippen molar-refractivity contribution < 1.29 is 22.1 Å². The molecule has 0 aliphatic carbocycles. The van der Waals surface area contributed by atoms with E-state index in [4.69, 9.17) is 12.2 Å². The number of hydrogen-bond acceptors (Lipinski definition) is 4. The van der Waals surface area contributed by atoms with Gasteiger partial charge in [-0.2, -0.15) is 0 Å². The fourth-order valence-electron chi connectivity index (χ4n) is 2.25. The molecule has 0 saturated carbocycles. The van der Waals surface area contributed by atoms with Crippen LogP contribution >= 0.6 is 0 Å². The average Bonchev–Trinajstić information content (AvgIpc) is 2.79. The molecule has 0 aliphatic rings. The molecule has 0 spiro atoms. The third kappa shape index (κ3) is 2.88. The number of fused-ring (bicyclic) bond motifs is 1. The van der Waals surface area contributed by atoms with E-state index in [1.165, 1.54) is 17.9 Å². The molecule has 1 N–H and O–H groups in total. The Morgan fingerprint density at radius 1 is 1.48 bits per heavy atom. The Kier molecular flexibility index (Phi) is 3.27. The lowest BCUT2D eigenvalue weighted by molar-refractivity contribution is 0.0544. The first-order valence-electron chi connectivity index (χ1n) is 7.60. The lowest BCUT2D eigenvalue weighted by atomic mass is 10.1. The number of methoxy groups -OCH3 is 1. The summed E-state index contributed by atoms with van der Waals surface area (Å²) in [6.07, 6.45) is 0.936. The fourth-order valence-corrected chi connectivity index (χ4v) is 2.25. The van der Waals surface area contributed by atoms with Crippen LogP contribution in [0.25, 0.3) is 10.9 Å². The van der Waals surface area contributed by atoms with Crippen LogP contribution in [-0.4, -0.2) is 28.5 Å². The summed E-state index contributed by atoms with van der Waals surface area (Å²) in [6.45, 7) is 4.48. The number of hydrogen-bond donors (Lipinski definition) is 1. The number of rotatable bonds is 2. The number of aliphatic hydroxyl groups is 1. The molecule has 5 heteroatoms. The maximum atomic E-state index is 12.4. The van der Waals surface area contributed by atoms with Gasteiger partial charge in [0.15, 0.2) is 0 Å². The summed E-state index contributed by atoms with van der Waals surface area (Å²) in [5, 5.41) is 10.3. The van der Waals surface area contributed by atoms with Gasteiger partial charge in [0, 0.05) is 17.1 Å². The van der Waals surface area contributed by atoms with Crippen LogP contribution < -0.4 is 4.74 Å². The zero-order valence-electron chi connectivity index (χ0n) is 14.9. The van der Waals surface area contributed by atoms with Gasteiger partial charge < -0.3 is 14.6 Å². The van der Waals surface area contributed by atoms with Gasteiger partial charge >= 0.3 is 6.09 Å². The molecule has 0 bridgehead atoms. The SMILES string of the molecule is [2H]C([2H])(O)c1c(OC)cc(C)c2c1ccn2C(=O)OC(C)(C)C. The molecule has 0 fully saturated rings. The molecular formula is C16H21NO4. The van der Waals surface area contributed by atoms with E-state index >= 15 is 0 Å². The maximum Gasteiger partial charge on any atom is 0.419 e. The number of aryl methyl sites for hydroxylation is 1. The Hall–Kier alpha value is -2.01. The van der Waals surface area contributed by atoms with E-state index in [1.54, 1.807) is 39.8 Å². The number of aromatic nitrogens is 1. The molecule has 2 rings (SSSR count). The molecular weight excluding hydrogens is 270 g/mol. The van der Waals surface area contributed by atoms with Gasteiger partial charge in [0.2, 0.25) is 0 Å². The van der Waals surface area contributed by atoms with Crippen molar-refractivity contribution in [1.82, 2.24) is 4.57 Å². The number of nitrogens with zero attached hydrogens (tertiary/aromatic N) is 1. The first kappa shape index (κ1) is 12.7. The standard InChI is InChI=1S/C16H21NO4/c1-10-8-13(20-5)12(9-18)11-6-7-17(14(10)11)15(19)21-16(2,3)4/h6-8,18H,9H2,1-5H3/i9D2. The highest BCUT2D eigenvalue weighted by molar-refractivity contribution is 5.95. The van der Waals surface area contributed by atoms with Gasteiger partial charge in [-0.15, -0.1) is 0 Å². The highest BCUT2D eigenvalue weighted by atomic mass is 16.6. The molecule has 0 aliphatic heterocycles. The zero-order valence-corrected chi connectivity index (χ0v) is 12.9. The van der Waals surface area contributed by atoms with Gasteiger partial charge in [-0.3, -0.25) is 4.57 Å². The number of carbonyl (C=O) groups is 1. The molecule has 0 saturated heterocycles.